The molecule has 0 saturated carbocycles. The maximum atomic E-state index is 12.8. The summed E-state index contributed by atoms with van der Waals surface area (Å²) in [5, 5.41) is 9.99. The quantitative estimate of drug-likeness (QED) is 0.774. The van der Waals surface area contributed by atoms with Crippen LogP contribution in [0.4, 0.5) is 17.6 Å². The number of rotatable bonds is 4. The molecule has 0 aromatic rings. The van der Waals surface area contributed by atoms with Gasteiger partial charge in [-0.15, -0.1) is 0 Å². The van der Waals surface area contributed by atoms with Gasteiger partial charge >= 0.3 is 12.3 Å². The minimum atomic E-state index is -4.73. The highest BCUT2D eigenvalue weighted by Crippen LogP contribution is 2.27. The number of halogens is 4. The van der Waals surface area contributed by atoms with Crippen molar-refractivity contribution in [1.82, 2.24) is 4.90 Å². The van der Waals surface area contributed by atoms with Crippen molar-refractivity contribution in [2.45, 2.75) is 30.8 Å². The van der Waals surface area contributed by atoms with E-state index >= 15 is 0 Å². The van der Waals surface area contributed by atoms with Crippen LogP contribution in [0, 0.1) is 0 Å². The van der Waals surface area contributed by atoms with E-state index in [9.17, 15) is 27.5 Å². The second-order valence-electron chi connectivity index (χ2n) is 4.42. The first-order valence-corrected chi connectivity index (χ1v) is 5.41. The Labute approximate surface area is 102 Å². The number of ether oxygens (including phenoxy) is 1. The standard InChI is InChI=1S/C10H15F4NO3/c1-15(8(16)10(13,14)7(11)12)6-9(17)2-4-18-5-3-9/h7,17H,2-6H2,1H3. The minimum absolute atomic E-state index is 0.171. The summed E-state index contributed by atoms with van der Waals surface area (Å²) in [7, 11) is 0.964. The third-order valence-electron chi connectivity index (χ3n) is 2.86. The highest BCUT2D eigenvalue weighted by molar-refractivity contribution is 5.83. The Bertz CT molecular complexity index is 305. The van der Waals surface area contributed by atoms with Crippen molar-refractivity contribution in [2.75, 3.05) is 26.8 Å². The first-order chi connectivity index (χ1) is 8.19. The maximum Gasteiger partial charge on any atom is 0.383 e. The number of aliphatic hydroxyl groups is 1. The van der Waals surface area contributed by atoms with Gasteiger partial charge < -0.3 is 14.7 Å². The molecule has 0 unspecified atom stereocenters. The summed E-state index contributed by atoms with van der Waals surface area (Å²) in [5.41, 5.74) is -1.36. The van der Waals surface area contributed by atoms with Crippen LogP contribution in [-0.4, -0.2) is 60.7 Å². The lowest BCUT2D eigenvalue weighted by Gasteiger charge is -2.36. The number of carbonyl (C=O) groups excluding carboxylic acids is 1. The number of hydrogen-bond acceptors (Lipinski definition) is 3. The summed E-state index contributed by atoms with van der Waals surface area (Å²) in [6, 6.07) is 0. The first kappa shape index (κ1) is 15.2. The molecule has 1 aliphatic heterocycles. The minimum Gasteiger partial charge on any atom is -0.388 e. The fourth-order valence-electron chi connectivity index (χ4n) is 1.77. The van der Waals surface area contributed by atoms with Gasteiger partial charge in [0.05, 0.1) is 5.60 Å². The molecule has 0 aromatic carbocycles. The van der Waals surface area contributed by atoms with Crippen molar-refractivity contribution < 1.29 is 32.2 Å². The van der Waals surface area contributed by atoms with Crippen molar-refractivity contribution in [1.29, 1.82) is 0 Å². The Kier molecular flexibility index (Phi) is 4.55. The van der Waals surface area contributed by atoms with Gasteiger partial charge in [-0.05, 0) is 0 Å². The normalized spacial score (nSPS) is 19.9. The van der Waals surface area contributed by atoms with Gasteiger partial charge in [-0.25, -0.2) is 8.78 Å². The topological polar surface area (TPSA) is 49.8 Å². The molecule has 18 heavy (non-hydrogen) atoms. The van der Waals surface area contributed by atoms with Crippen LogP contribution in [0.15, 0.2) is 0 Å². The molecule has 1 fully saturated rings. The van der Waals surface area contributed by atoms with Crippen molar-refractivity contribution in [2.24, 2.45) is 0 Å². The van der Waals surface area contributed by atoms with E-state index in [1.165, 1.54) is 0 Å². The molecule has 1 amide bonds. The zero-order valence-corrected chi connectivity index (χ0v) is 9.84. The number of hydrogen-bond donors (Lipinski definition) is 1. The fraction of sp³-hybridized carbons (Fsp3) is 0.900. The van der Waals surface area contributed by atoms with E-state index in [1.807, 2.05) is 0 Å². The molecule has 0 spiro atoms. The number of alkyl halides is 4. The van der Waals surface area contributed by atoms with Crippen LogP contribution in [0.2, 0.25) is 0 Å². The Morgan fingerprint density at radius 1 is 1.44 bits per heavy atom. The van der Waals surface area contributed by atoms with Gasteiger partial charge in [0.15, 0.2) is 0 Å². The Hall–Kier alpha value is -0.890. The van der Waals surface area contributed by atoms with Crippen LogP contribution in [-0.2, 0) is 9.53 Å². The molecule has 0 aliphatic carbocycles. The number of amides is 1. The largest absolute Gasteiger partial charge is 0.388 e. The third kappa shape index (κ3) is 3.32. The van der Waals surface area contributed by atoms with Gasteiger partial charge in [0.25, 0.3) is 5.91 Å². The summed E-state index contributed by atoms with van der Waals surface area (Å²) in [4.78, 5) is 11.6. The Morgan fingerprint density at radius 2 is 1.94 bits per heavy atom. The molecule has 0 aromatic heterocycles. The maximum absolute atomic E-state index is 12.8. The zero-order chi connectivity index (χ0) is 14.0. The summed E-state index contributed by atoms with van der Waals surface area (Å²) >= 11 is 0. The molecule has 0 radical (unpaired) electrons. The third-order valence-corrected chi connectivity index (χ3v) is 2.86. The van der Waals surface area contributed by atoms with Crippen LogP contribution < -0.4 is 0 Å². The van der Waals surface area contributed by atoms with Gasteiger partial charge in [0.2, 0.25) is 0 Å². The first-order valence-electron chi connectivity index (χ1n) is 5.41. The van der Waals surface area contributed by atoms with Crippen molar-refractivity contribution >= 4 is 5.91 Å². The molecule has 1 aliphatic rings. The molecule has 0 atom stereocenters. The van der Waals surface area contributed by atoms with Gasteiger partial charge in [-0.2, -0.15) is 8.78 Å². The van der Waals surface area contributed by atoms with Crippen LogP contribution in [0.1, 0.15) is 12.8 Å². The van der Waals surface area contributed by atoms with Crippen molar-refractivity contribution in [3.8, 4) is 0 Å². The average molecular weight is 273 g/mol. The molecule has 0 bridgehead atoms. The molecule has 4 nitrogen and oxygen atoms in total. The van der Waals surface area contributed by atoms with Gasteiger partial charge in [0, 0.05) is 39.6 Å². The number of carbonyl (C=O) groups is 1. The number of likely N-dealkylation sites (N-methyl/N-ethyl adjacent to an activating group) is 1. The molecule has 1 N–H and O–H groups in total. The predicted molar refractivity (Wildman–Crippen MR) is 53.6 cm³/mol. The average Bonchev–Trinajstić information content (AvgIpc) is 2.28. The van der Waals surface area contributed by atoms with E-state index in [1.54, 1.807) is 0 Å². The van der Waals surface area contributed by atoms with Crippen LogP contribution in [0.25, 0.3) is 0 Å². The van der Waals surface area contributed by atoms with Gasteiger partial charge in [0.1, 0.15) is 0 Å². The van der Waals surface area contributed by atoms with E-state index in [-0.39, 0.29) is 26.1 Å². The summed E-state index contributed by atoms with van der Waals surface area (Å²) in [6.45, 7) is 0.0606. The summed E-state index contributed by atoms with van der Waals surface area (Å²) in [5.74, 6) is -6.71. The van der Waals surface area contributed by atoms with Crippen molar-refractivity contribution in [3.05, 3.63) is 0 Å². The molecular formula is C10H15F4NO3. The zero-order valence-electron chi connectivity index (χ0n) is 9.84. The number of nitrogens with zero attached hydrogens (tertiary/aromatic N) is 1. The molecule has 1 rings (SSSR count). The molecule has 1 saturated heterocycles. The van der Waals surface area contributed by atoms with Crippen molar-refractivity contribution in [3.63, 3.8) is 0 Å². The lowest BCUT2D eigenvalue weighted by Crippen LogP contribution is -2.53. The van der Waals surface area contributed by atoms with Gasteiger partial charge in [-0.1, -0.05) is 0 Å². The second kappa shape index (κ2) is 5.40. The summed E-state index contributed by atoms with van der Waals surface area (Å²) in [6.07, 6.45) is -3.72. The summed E-state index contributed by atoms with van der Waals surface area (Å²) < 4.78 is 54.7. The monoisotopic (exact) mass is 273 g/mol. The van der Waals surface area contributed by atoms with E-state index < -0.39 is 30.4 Å². The highest BCUT2D eigenvalue weighted by atomic mass is 19.3. The molecule has 8 heteroatoms. The van der Waals surface area contributed by atoms with E-state index in [2.05, 4.69) is 0 Å². The van der Waals surface area contributed by atoms with E-state index in [4.69, 9.17) is 4.74 Å². The Balaban J connectivity index is 2.64. The second-order valence-corrected chi connectivity index (χ2v) is 4.42. The molecule has 1 heterocycles. The lowest BCUT2D eigenvalue weighted by atomic mass is 9.94. The van der Waals surface area contributed by atoms with Gasteiger partial charge in [-0.3, -0.25) is 4.79 Å². The highest BCUT2D eigenvalue weighted by Gasteiger charge is 2.51. The van der Waals surface area contributed by atoms with E-state index in [0.29, 0.717) is 4.90 Å². The molecular weight excluding hydrogens is 258 g/mol. The Morgan fingerprint density at radius 3 is 2.39 bits per heavy atom. The SMILES string of the molecule is CN(CC1(O)CCOCC1)C(=O)C(F)(F)C(F)F. The fourth-order valence-corrected chi connectivity index (χ4v) is 1.77. The van der Waals surface area contributed by atoms with Crippen LogP contribution >= 0.6 is 0 Å². The lowest BCUT2D eigenvalue weighted by molar-refractivity contribution is -0.183. The predicted octanol–water partition coefficient (Wildman–Crippen LogP) is 0.887. The van der Waals surface area contributed by atoms with Crippen LogP contribution in [0.5, 0.6) is 0 Å². The van der Waals surface area contributed by atoms with E-state index in [0.717, 1.165) is 7.05 Å². The van der Waals surface area contributed by atoms with Crippen LogP contribution in [0.3, 0.4) is 0 Å². The smallest absolute Gasteiger partial charge is 0.383 e. The molecule has 106 valence electrons.